The van der Waals surface area contributed by atoms with Crippen LogP contribution in [0.3, 0.4) is 0 Å². The van der Waals surface area contributed by atoms with Gasteiger partial charge in [-0.15, -0.1) is 0 Å². The number of benzene rings is 1. The van der Waals surface area contributed by atoms with Crippen molar-refractivity contribution in [2.45, 2.75) is 19.4 Å². The molecule has 0 aliphatic carbocycles. The van der Waals surface area contributed by atoms with Crippen molar-refractivity contribution in [3.05, 3.63) is 53.2 Å². The highest BCUT2D eigenvalue weighted by molar-refractivity contribution is 5.92. The molecule has 0 saturated carbocycles. The molecule has 2 N–H and O–H groups in total. The summed E-state index contributed by atoms with van der Waals surface area (Å²) in [7, 11) is 0. The zero-order chi connectivity index (χ0) is 17.8. The van der Waals surface area contributed by atoms with Crippen molar-refractivity contribution in [2.24, 2.45) is 0 Å². The largest absolute Gasteiger partial charge is 0.361 e. The number of nitrogens with zero attached hydrogens (tertiary/aromatic N) is 2. The minimum Gasteiger partial charge on any atom is -0.361 e. The maximum absolute atomic E-state index is 13.4. The van der Waals surface area contributed by atoms with Gasteiger partial charge in [-0.2, -0.15) is 0 Å². The normalized spacial score (nSPS) is 15.1. The van der Waals surface area contributed by atoms with Gasteiger partial charge in [-0.3, -0.25) is 4.79 Å². The lowest BCUT2D eigenvalue weighted by atomic mass is 10.0. The van der Waals surface area contributed by atoms with E-state index in [-0.39, 0.29) is 36.0 Å². The molecule has 0 bridgehead atoms. The van der Waals surface area contributed by atoms with E-state index in [0.29, 0.717) is 25.3 Å². The van der Waals surface area contributed by atoms with Crippen LogP contribution in [-0.2, 0) is 6.42 Å². The lowest BCUT2D eigenvalue weighted by Crippen LogP contribution is -2.46. The van der Waals surface area contributed by atoms with Crippen LogP contribution in [0.5, 0.6) is 0 Å². The van der Waals surface area contributed by atoms with Crippen LogP contribution in [0.4, 0.5) is 9.18 Å². The van der Waals surface area contributed by atoms with E-state index in [4.69, 9.17) is 4.52 Å². The number of halogens is 1. The molecule has 1 aliphatic heterocycles. The number of carbonyl (C=O) groups excluding carboxylic acids is 2. The maximum Gasteiger partial charge on any atom is 0.317 e. The molecule has 1 fully saturated rings. The van der Waals surface area contributed by atoms with Crippen LogP contribution in [0.25, 0.3) is 0 Å². The van der Waals surface area contributed by atoms with Crippen molar-refractivity contribution >= 4 is 11.9 Å². The fourth-order valence-corrected chi connectivity index (χ4v) is 2.84. The predicted octanol–water partition coefficient (Wildman–Crippen LogP) is 1.49. The average Bonchev–Trinajstić information content (AvgIpc) is 3.20. The van der Waals surface area contributed by atoms with Gasteiger partial charge in [0, 0.05) is 25.7 Å². The third-order valence-electron chi connectivity index (χ3n) is 4.05. The first-order valence-electron chi connectivity index (χ1n) is 8.03. The number of amides is 3. The van der Waals surface area contributed by atoms with Crippen LogP contribution in [0.15, 0.2) is 34.9 Å². The Labute approximate surface area is 144 Å². The Morgan fingerprint density at radius 1 is 1.48 bits per heavy atom. The summed E-state index contributed by atoms with van der Waals surface area (Å²) in [5, 5.41) is 9.18. The third kappa shape index (κ3) is 4.14. The first kappa shape index (κ1) is 16.9. The van der Waals surface area contributed by atoms with Crippen molar-refractivity contribution in [3.8, 4) is 0 Å². The highest BCUT2D eigenvalue weighted by atomic mass is 19.1. The van der Waals surface area contributed by atoms with E-state index >= 15 is 0 Å². The molecule has 2 aromatic rings. The van der Waals surface area contributed by atoms with Crippen LogP contribution < -0.4 is 10.6 Å². The molecular weight excluding hydrogens is 327 g/mol. The minimum atomic E-state index is -0.374. The smallest absolute Gasteiger partial charge is 0.317 e. The third-order valence-corrected chi connectivity index (χ3v) is 4.05. The Balaban J connectivity index is 1.70. The van der Waals surface area contributed by atoms with Gasteiger partial charge in [-0.25, -0.2) is 9.18 Å². The molecule has 8 heteroatoms. The minimum absolute atomic E-state index is 0.187. The summed E-state index contributed by atoms with van der Waals surface area (Å²) in [5.74, 6) is -0.162. The number of aryl methyl sites for hydroxylation is 1. The summed E-state index contributed by atoms with van der Waals surface area (Å²) in [6, 6.07) is 7.29. The zero-order valence-electron chi connectivity index (χ0n) is 13.8. The van der Waals surface area contributed by atoms with Gasteiger partial charge in [0.2, 0.25) is 0 Å². The van der Waals surface area contributed by atoms with Gasteiger partial charge in [-0.05, 0) is 31.0 Å². The zero-order valence-corrected chi connectivity index (χ0v) is 13.8. The van der Waals surface area contributed by atoms with Crippen LogP contribution in [-0.4, -0.2) is 47.7 Å². The van der Waals surface area contributed by atoms with E-state index in [1.807, 2.05) is 0 Å². The van der Waals surface area contributed by atoms with Crippen LogP contribution in [0, 0.1) is 12.7 Å². The summed E-state index contributed by atoms with van der Waals surface area (Å²) in [4.78, 5) is 25.8. The molecule has 25 heavy (non-hydrogen) atoms. The van der Waals surface area contributed by atoms with Gasteiger partial charge in [-0.1, -0.05) is 17.3 Å². The van der Waals surface area contributed by atoms with Crippen molar-refractivity contribution in [1.82, 2.24) is 20.7 Å². The Bertz CT molecular complexity index is 777. The summed E-state index contributed by atoms with van der Waals surface area (Å²) in [5.41, 5.74) is 0.948. The molecule has 1 atom stereocenters. The second-order valence-electron chi connectivity index (χ2n) is 5.95. The fraction of sp³-hybridized carbons (Fsp3) is 0.353. The number of aromatic nitrogens is 1. The lowest BCUT2D eigenvalue weighted by Gasteiger charge is -2.27. The summed E-state index contributed by atoms with van der Waals surface area (Å²) in [6.07, 6.45) is 0.434. The van der Waals surface area contributed by atoms with E-state index in [2.05, 4.69) is 15.8 Å². The quantitative estimate of drug-likeness (QED) is 0.830. The highest BCUT2D eigenvalue weighted by Crippen LogP contribution is 2.13. The van der Waals surface area contributed by atoms with Crippen LogP contribution in [0.2, 0.25) is 0 Å². The fourth-order valence-electron chi connectivity index (χ4n) is 2.84. The Morgan fingerprint density at radius 2 is 2.32 bits per heavy atom. The van der Waals surface area contributed by atoms with Crippen molar-refractivity contribution in [2.75, 3.05) is 19.6 Å². The topological polar surface area (TPSA) is 87.5 Å². The molecule has 0 radical (unpaired) electrons. The van der Waals surface area contributed by atoms with Crippen molar-refractivity contribution < 1.29 is 18.5 Å². The van der Waals surface area contributed by atoms with Crippen LogP contribution in [0.1, 0.15) is 21.8 Å². The first-order valence-corrected chi connectivity index (χ1v) is 8.03. The van der Waals surface area contributed by atoms with Gasteiger partial charge in [0.25, 0.3) is 5.91 Å². The number of carbonyl (C=O) groups is 2. The molecule has 3 amide bonds. The Morgan fingerprint density at radius 3 is 2.96 bits per heavy atom. The molecule has 1 aliphatic rings. The van der Waals surface area contributed by atoms with Gasteiger partial charge in [0.1, 0.15) is 11.6 Å². The summed E-state index contributed by atoms with van der Waals surface area (Å²) in [6.45, 7) is 3.02. The molecule has 2 heterocycles. The second-order valence-corrected chi connectivity index (χ2v) is 5.95. The lowest BCUT2D eigenvalue weighted by molar-refractivity contribution is 0.0931. The molecular formula is C17H19FN4O3. The summed E-state index contributed by atoms with van der Waals surface area (Å²) < 4.78 is 18.3. The maximum atomic E-state index is 13.4. The van der Waals surface area contributed by atoms with Gasteiger partial charge < -0.3 is 20.1 Å². The van der Waals surface area contributed by atoms with Crippen molar-refractivity contribution in [1.29, 1.82) is 0 Å². The van der Waals surface area contributed by atoms with Gasteiger partial charge in [0.05, 0.1) is 6.04 Å². The number of hydrogen-bond acceptors (Lipinski definition) is 4. The molecule has 1 aromatic carbocycles. The SMILES string of the molecule is Cc1cc(C(=O)NC[C@@H](Cc2cccc(F)c2)N2CCNC2=O)no1. The highest BCUT2D eigenvalue weighted by Gasteiger charge is 2.28. The van der Waals surface area contributed by atoms with Crippen molar-refractivity contribution in [3.63, 3.8) is 0 Å². The molecule has 1 aromatic heterocycles. The van der Waals surface area contributed by atoms with Gasteiger partial charge in [0.15, 0.2) is 5.69 Å². The molecule has 3 rings (SSSR count). The number of rotatable bonds is 6. The molecule has 1 saturated heterocycles. The average molecular weight is 346 g/mol. The van der Waals surface area contributed by atoms with E-state index in [0.717, 1.165) is 5.56 Å². The summed E-state index contributed by atoms with van der Waals surface area (Å²) >= 11 is 0. The van der Waals surface area contributed by atoms with Gasteiger partial charge >= 0.3 is 6.03 Å². The molecule has 132 valence electrons. The number of nitrogens with one attached hydrogen (secondary N) is 2. The van der Waals surface area contributed by atoms with E-state index < -0.39 is 0 Å². The Kier molecular flexibility index (Phi) is 4.97. The van der Waals surface area contributed by atoms with E-state index in [1.165, 1.54) is 12.1 Å². The molecule has 7 nitrogen and oxygen atoms in total. The van der Waals surface area contributed by atoms with Crippen LogP contribution >= 0.6 is 0 Å². The van der Waals surface area contributed by atoms with E-state index in [1.54, 1.807) is 30.0 Å². The first-order chi connectivity index (χ1) is 12.0. The molecule has 0 spiro atoms. The Hall–Kier alpha value is -2.90. The standard InChI is InChI=1S/C17H19FN4O3/c1-11-7-15(21-25-11)16(23)20-10-14(22-6-5-19-17(22)24)9-12-3-2-4-13(18)8-12/h2-4,7-8,14H,5-6,9-10H2,1H3,(H,19,24)(H,20,23)/t14-/m1/s1. The number of urea groups is 1. The second kappa shape index (κ2) is 7.33. The number of hydrogen-bond donors (Lipinski definition) is 2. The molecule has 0 unspecified atom stereocenters. The monoisotopic (exact) mass is 346 g/mol. The van der Waals surface area contributed by atoms with E-state index in [9.17, 15) is 14.0 Å². The predicted molar refractivity (Wildman–Crippen MR) is 87.6 cm³/mol.